The van der Waals surface area contributed by atoms with E-state index < -0.39 is 12.5 Å². The maximum absolute atomic E-state index is 11.9. The molecule has 1 aliphatic rings. The van der Waals surface area contributed by atoms with Crippen LogP contribution in [0.5, 0.6) is 0 Å². The van der Waals surface area contributed by atoms with Crippen molar-refractivity contribution in [1.82, 2.24) is 0 Å². The predicted octanol–water partition coefficient (Wildman–Crippen LogP) is 3.63. The molecule has 1 fully saturated rings. The van der Waals surface area contributed by atoms with Gasteiger partial charge in [0.15, 0.2) is 0 Å². The van der Waals surface area contributed by atoms with E-state index in [2.05, 4.69) is 4.74 Å². The van der Waals surface area contributed by atoms with Gasteiger partial charge in [-0.1, -0.05) is 0 Å². The molecule has 0 heterocycles. The summed E-state index contributed by atoms with van der Waals surface area (Å²) in [6.45, 7) is 4.26. The Bertz CT molecular complexity index is 244. The van der Waals surface area contributed by atoms with E-state index >= 15 is 0 Å². The molecule has 0 aromatic rings. The van der Waals surface area contributed by atoms with E-state index in [-0.39, 0.29) is 5.92 Å². The molecule has 0 aromatic heterocycles. The fourth-order valence-corrected chi connectivity index (χ4v) is 1.64. The number of ether oxygens (including phenoxy) is 2. The third kappa shape index (κ3) is 4.88. The minimum atomic E-state index is -4.51. The SMILES string of the molecule is CC(C)=COCCC1CCC1OC(F)(F)F. The smallest absolute Gasteiger partial charge is 0.501 e. The lowest BCUT2D eigenvalue weighted by molar-refractivity contribution is -0.358. The van der Waals surface area contributed by atoms with Crippen molar-refractivity contribution < 1.29 is 22.6 Å². The summed E-state index contributed by atoms with van der Waals surface area (Å²) in [5.74, 6) is -0.0211. The van der Waals surface area contributed by atoms with E-state index in [1.54, 1.807) is 6.26 Å². The van der Waals surface area contributed by atoms with Crippen molar-refractivity contribution in [3.63, 3.8) is 0 Å². The van der Waals surface area contributed by atoms with Crippen LogP contribution >= 0.6 is 0 Å². The molecule has 0 aliphatic heterocycles. The summed E-state index contributed by atoms with van der Waals surface area (Å²) < 4.78 is 45.0. The summed E-state index contributed by atoms with van der Waals surface area (Å²) in [4.78, 5) is 0. The standard InChI is InChI=1S/C11H17F3O2/c1-8(2)7-15-6-5-9-3-4-10(9)16-11(12,13)14/h7,9-10H,3-6H2,1-2H3. The lowest BCUT2D eigenvalue weighted by atomic mass is 9.80. The Kier molecular flexibility index (Phi) is 4.65. The summed E-state index contributed by atoms with van der Waals surface area (Å²) in [5.41, 5.74) is 1.04. The number of halogens is 3. The Morgan fingerprint density at radius 2 is 2.00 bits per heavy atom. The molecule has 0 bridgehead atoms. The molecule has 5 heteroatoms. The molecule has 0 spiro atoms. The lowest BCUT2D eigenvalue weighted by Gasteiger charge is -2.36. The van der Waals surface area contributed by atoms with E-state index in [9.17, 15) is 13.2 Å². The molecule has 0 aromatic carbocycles. The monoisotopic (exact) mass is 238 g/mol. The van der Waals surface area contributed by atoms with E-state index in [1.807, 2.05) is 13.8 Å². The highest BCUT2D eigenvalue weighted by molar-refractivity contribution is 4.87. The normalized spacial score (nSPS) is 24.8. The van der Waals surface area contributed by atoms with Crippen molar-refractivity contribution in [2.75, 3.05) is 6.61 Å². The Labute approximate surface area is 93.4 Å². The van der Waals surface area contributed by atoms with Crippen molar-refractivity contribution in [2.24, 2.45) is 5.92 Å². The molecule has 0 radical (unpaired) electrons. The first-order valence-electron chi connectivity index (χ1n) is 5.38. The molecule has 0 saturated heterocycles. The van der Waals surface area contributed by atoms with Crippen molar-refractivity contribution in [3.05, 3.63) is 11.8 Å². The number of allylic oxidation sites excluding steroid dienone is 1. The fourth-order valence-electron chi connectivity index (χ4n) is 1.64. The number of hydrogen-bond acceptors (Lipinski definition) is 2. The van der Waals surface area contributed by atoms with Gasteiger partial charge in [0.25, 0.3) is 0 Å². The second kappa shape index (κ2) is 5.57. The molecule has 1 rings (SSSR count). The van der Waals surface area contributed by atoms with E-state index in [0.29, 0.717) is 19.4 Å². The largest absolute Gasteiger partial charge is 0.522 e. The van der Waals surface area contributed by atoms with Crippen LogP contribution in [0.25, 0.3) is 0 Å². The molecule has 2 nitrogen and oxygen atoms in total. The Morgan fingerprint density at radius 3 is 2.44 bits per heavy atom. The number of rotatable bonds is 5. The van der Waals surface area contributed by atoms with Crippen LogP contribution in [0.3, 0.4) is 0 Å². The first kappa shape index (κ1) is 13.4. The maximum Gasteiger partial charge on any atom is 0.522 e. The average molecular weight is 238 g/mol. The fraction of sp³-hybridized carbons (Fsp3) is 0.818. The van der Waals surface area contributed by atoms with Crippen LogP contribution in [0.1, 0.15) is 33.1 Å². The molecule has 2 unspecified atom stereocenters. The first-order chi connectivity index (χ1) is 7.38. The summed E-state index contributed by atoms with van der Waals surface area (Å²) >= 11 is 0. The van der Waals surface area contributed by atoms with Gasteiger partial charge in [-0.3, -0.25) is 4.74 Å². The Morgan fingerprint density at radius 1 is 1.31 bits per heavy atom. The zero-order valence-electron chi connectivity index (χ0n) is 9.51. The van der Waals surface area contributed by atoms with Gasteiger partial charge < -0.3 is 4.74 Å². The predicted molar refractivity (Wildman–Crippen MR) is 53.7 cm³/mol. The van der Waals surface area contributed by atoms with Crippen LogP contribution in [-0.2, 0) is 9.47 Å². The van der Waals surface area contributed by atoms with Gasteiger partial charge in [0.2, 0.25) is 0 Å². The van der Waals surface area contributed by atoms with Crippen LogP contribution < -0.4 is 0 Å². The van der Waals surface area contributed by atoms with Crippen molar-refractivity contribution in [2.45, 2.75) is 45.6 Å². The quantitative estimate of drug-likeness (QED) is 0.538. The molecule has 94 valence electrons. The van der Waals surface area contributed by atoms with Gasteiger partial charge in [0.1, 0.15) is 0 Å². The van der Waals surface area contributed by atoms with Crippen molar-refractivity contribution in [1.29, 1.82) is 0 Å². The number of hydrogen-bond donors (Lipinski definition) is 0. The van der Waals surface area contributed by atoms with Crippen LogP contribution in [0.2, 0.25) is 0 Å². The second-order valence-corrected chi connectivity index (χ2v) is 4.29. The van der Waals surface area contributed by atoms with Gasteiger partial charge in [0, 0.05) is 0 Å². The Hall–Kier alpha value is -0.710. The minimum absolute atomic E-state index is 0.0211. The van der Waals surface area contributed by atoms with Crippen LogP contribution in [-0.4, -0.2) is 19.1 Å². The lowest BCUT2D eigenvalue weighted by Crippen LogP contribution is -2.38. The highest BCUT2D eigenvalue weighted by Crippen LogP contribution is 2.37. The van der Waals surface area contributed by atoms with Crippen LogP contribution in [0.4, 0.5) is 13.2 Å². The summed E-state index contributed by atoms with van der Waals surface area (Å²) in [6, 6.07) is 0. The maximum atomic E-state index is 11.9. The molecule has 1 aliphatic carbocycles. The van der Waals surface area contributed by atoms with Crippen LogP contribution in [0.15, 0.2) is 11.8 Å². The first-order valence-corrected chi connectivity index (χ1v) is 5.38. The zero-order chi connectivity index (χ0) is 12.2. The molecular formula is C11H17F3O2. The van der Waals surface area contributed by atoms with Crippen molar-refractivity contribution in [3.8, 4) is 0 Å². The second-order valence-electron chi connectivity index (χ2n) is 4.29. The summed E-state index contributed by atoms with van der Waals surface area (Å²) in [6.07, 6.45) is -1.66. The Balaban J connectivity index is 2.16. The summed E-state index contributed by atoms with van der Waals surface area (Å²) in [7, 11) is 0. The molecule has 2 atom stereocenters. The summed E-state index contributed by atoms with van der Waals surface area (Å²) in [5, 5.41) is 0. The molecule has 0 amide bonds. The minimum Gasteiger partial charge on any atom is -0.501 e. The van der Waals surface area contributed by atoms with Gasteiger partial charge in [-0.15, -0.1) is 13.2 Å². The van der Waals surface area contributed by atoms with E-state index in [1.165, 1.54) is 0 Å². The van der Waals surface area contributed by atoms with Crippen molar-refractivity contribution >= 4 is 0 Å². The highest BCUT2D eigenvalue weighted by Gasteiger charge is 2.41. The third-order valence-electron chi connectivity index (χ3n) is 2.56. The average Bonchev–Trinajstić information content (AvgIpc) is 2.10. The molecule has 16 heavy (non-hydrogen) atoms. The van der Waals surface area contributed by atoms with E-state index in [0.717, 1.165) is 12.0 Å². The molecule has 1 saturated carbocycles. The van der Waals surface area contributed by atoms with Gasteiger partial charge in [-0.2, -0.15) is 0 Å². The topological polar surface area (TPSA) is 18.5 Å². The van der Waals surface area contributed by atoms with Gasteiger partial charge >= 0.3 is 6.36 Å². The van der Waals surface area contributed by atoms with Gasteiger partial charge in [0.05, 0.1) is 19.0 Å². The number of alkyl halides is 3. The highest BCUT2D eigenvalue weighted by atomic mass is 19.4. The molecule has 0 N–H and O–H groups in total. The third-order valence-corrected chi connectivity index (χ3v) is 2.56. The van der Waals surface area contributed by atoms with E-state index in [4.69, 9.17) is 4.74 Å². The van der Waals surface area contributed by atoms with Gasteiger partial charge in [-0.05, 0) is 44.6 Å². The van der Waals surface area contributed by atoms with Gasteiger partial charge in [-0.25, -0.2) is 0 Å². The van der Waals surface area contributed by atoms with Crippen LogP contribution in [0, 0.1) is 5.92 Å². The zero-order valence-corrected chi connectivity index (χ0v) is 9.51. The molecular weight excluding hydrogens is 221 g/mol.